The number of aldehydes is 1. The van der Waals surface area contributed by atoms with Crippen molar-refractivity contribution in [2.45, 2.75) is 12.8 Å². The van der Waals surface area contributed by atoms with Crippen LogP contribution in [0.5, 0.6) is 11.5 Å². The highest BCUT2D eigenvalue weighted by Gasteiger charge is 2.26. The van der Waals surface area contributed by atoms with E-state index in [2.05, 4.69) is 15.9 Å². The summed E-state index contributed by atoms with van der Waals surface area (Å²) >= 11 is 3.35. The lowest BCUT2D eigenvalue weighted by atomic mass is 9.98. The standard InChI is InChI=1S/C11H12BrNO3/c1-6(3-13)7-2-9(12)8(4-14)11-10(7)15-5-16-11/h2,4,6H,3,5,13H2,1H3. The summed E-state index contributed by atoms with van der Waals surface area (Å²) in [5.74, 6) is 1.32. The fourth-order valence-corrected chi connectivity index (χ4v) is 2.20. The minimum absolute atomic E-state index is 0.150. The van der Waals surface area contributed by atoms with Gasteiger partial charge in [-0.2, -0.15) is 0 Å². The van der Waals surface area contributed by atoms with Gasteiger partial charge in [-0.15, -0.1) is 0 Å². The van der Waals surface area contributed by atoms with Crippen molar-refractivity contribution in [2.75, 3.05) is 13.3 Å². The van der Waals surface area contributed by atoms with Crippen LogP contribution in [-0.4, -0.2) is 19.6 Å². The molecule has 0 saturated carbocycles. The predicted octanol–water partition coefficient (Wildman–Crippen LogP) is 2.05. The van der Waals surface area contributed by atoms with Gasteiger partial charge in [-0.05, 0) is 34.5 Å². The van der Waals surface area contributed by atoms with E-state index in [1.54, 1.807) is 0 Å². The van der Waals surface area contributed by atoms with E-state index in [0.717, 1.165) is 11.8 Å². The van der Waals surface area contributed by atoms with E-state index in [1.807, 2.05) is 13.0 Å². The molecule has 2 N–H and O–H groups in total. The molecule has 1 aromatic rings. The van der Waals surface area contributed by atoms with Crippen LogP contribution in [0.2, 0.25) is 0 Å². The lowest BCUT2D eigenvalue weighted by Crippen LogP contribution is -2.10. The molecule has 5 heteroatoms. The highest BCUT2D eigenvalue weighted by molar-refractivity contribution is 9.10. The molecule has 0 aromatic heterocycles. The quantitative estimate of drug-likeness (QED) is 0.864. The van der Waals surface area contributed by atoms with Crippen LogP contribution in [0.3, 0.4) is 0 Å². The first-order valence-electron chi connectivity index (χ1n) is 4.96. The zero-order valence-corrected chi connectivity index (χ0v) is 10.4. The first-order valence-corrected chi connectivity index (χ1v) is 5.75. The lowest BCUT2D eigenvalue weighted by Gasteiger charge is -2.13. The number of rotatable bonds is 3. The Morgan fingerprint density at radius 1 is 1.56 bits per heavy atom. The molecule has 0 bridgehead atoms. The summed E-state index contributed by atoms with van der Waals surface area (Å²) in [6.07, 6.45) is 0.758. The SMILES string of the molecule is CC(CN)c1cc(Br)c(C=O)c2c1OCO2. The number of hydrogen-bond acceptors (Lipinski definition) is 4. The maximum atomic E-state index is 10.9. The first kappa shape index (κ1) is 11.4. The van der Waals surface area contributed by atoms with Crippen molar-refractivity contribution in [3.05, 3.63) is 21.7 Å². The second-order valence-electron chi connectivity index (χ2n) is 3.68. The highest BCUT2D eigenvalue weighted by atomic mass is 79.9. The molecule has 1 atom stereocenters. The van der Waals surface area contributed by atoms with Crippen molar-refractivity contribution in [1.82, 2.24) is 0 Å². The first-order chi connectivity index (χ1) is 7.69. The van der Waals surface area contributed by atoms with Crippen molar-refractivity contribution in [3.63, 3.8) is 0 Å². The summed E-state index contributed by atoms with van der Waals surface area (Å²) < 4.78 is 11.4. The number of carbonyl (C=O) groups excluding carboxylic acids is 1. The maximum Gasteiger partial charge on any atom is 0.231 e. The molecule has 0 amide bonds. The molecule has 1 heterocycles. The fourth-order valence-electron chi connectivity index (χ4n) is 1.68. The van der Waals surface area contributed by atoms with Gasteiger partial charge in [0.2, 0.25) is 6.79 Å². The van der Waals surface area contributed by atoms with E-state index < -0.39 is 0 Å². The van der Waals surface area contributed by atoms with Crippen LogP contribution in [0, 0.1) is 0 Å². The lowest BCUT2D eigenvalue weighted by molar-refractivity contribution is 0.111. The minimum Gasteiger partial charge on any atom is -0.453 e. The molecular weight excluding hydrogens is 274 g/mol. The average molecular weight is 286 g/mol. The Morgan fingerprint density at radius 3 is 2.88 bits per heavy atom. The maximum absolute atomic E-state index is 10.9. The molecule has 0 saturated heterocycles. The van der Waals surface area contributed by atoms with Gasteiger partial charge in [0.15, 0.2) is 17.8 Å². The second-order valence-corrected chi connectivity index (χ2v) is 4.54. The smallest absolute Gasteiger partial charge is 0.231 e. The van der Waals surface area contributed by atoms with Crippen LogP contribution >= 0.6 is 15.9 Å². The van der Waals surface area contributed by atoms with E-state index in [4.69, 9.17) is 15.2 Å². The van der Waals surface area contributed by atoms with Gasteiger partial charge in [0.1, 0.15) is 0 Å². The van der Waals surface area contributed by atoms with Gasteiger partial charge in [0.05, 0.1) is 5.56 Å². The Balaban J connectivity index is 2.61. The number of halogens is 1. The average Bonchev–Trinajstić information content (AvgIpc) is 2.75. The zero-order chi connectivity index (χ0) is 11.7. The normalized spacial score (nSPS) is 14.9. The second kappa shape index (κ2) is 4.43. The molecule has 2 rings (SSSR count). The van der Waals surface area contributed by atoms with Crippen LogP contribution < -0.4 is 15.2 Å². The molecule has 1 aliphatic heterocycles. The summed E-state index contributed by atoms with van der Waals surface area (Å²) in [5.41, 5.74) is 7.09. The Hall–Kier alpha value is -1.07. The zero-order valence-electron chi connectivity index (χ0n) is 8.83. The van der Waals surface area contributed by atoms with E-state index in [-0.39, 0.29) is 12.7 Å². The van der Waals surface area contributed by atoms with Gasteiger partial charge in [-0.1, -0.05) is 6.92 Å². The van der Waals surface area contributed by atoms with Crippen LogP contribution in [-0.2, 0) is 0 Å². The van der Waals surface area contributed by atoms with Gasteiger partial charge < -0.3 is 15.2 Å². The third kappa shape index (κ3) is 1.70. The Bertz CT molecular complexity index is 434. The highest BCUT2D eigenvalue weighted by Crippen LogP contribution is 2.44. The van der Waals surface area contributed by atoms with Crippen LogP contribution in [0.15, 0.2) is 10.5 Å². The topological polar surface area (TPSA) is 61.6 Å². The summed E-state index contributed by atoms with van der Waals surface area (Å²) in [7, 11) is 0. The molecule has 1 aromatic carbocycles. The summed E-state index contributed by atoms with van der Waals surface area (Å²) in [6.45, 7) is 2.67. The molecule has 1 unspecified atom stereocenters. The van der Waals surface area contributed by atoms with E-state index in [0.29, 0.717) is 28.1 Å². The van der Waals surface area contributed by atoms with E-state index >= 15 is 0 Å². The van der Waals surface area contributed by atoms with Gasteiger partial charge >= 0.3 is 0 Å². The number of carbonyl (C=O) groups is 1. The summed E-state index contributed by atoms with van der Waals surface area (Å²) in [6, 6.07) is 1.87. The van der Waals surface area contributed by atoms with Crippen molar-refractivity contribution in [1.29, 1.82) is 0 Å². The number of fused-ring (bicyclic) bond motifs is 1. The Labute approximate surface area is 102 Å². The fraction of sp³-hybridized carbons (Fsp3) is 0.364. The minimum atomic E-state index is 0.150. The molecule has 0 aliphatic carbocycles. The third-order valence-electron chi connectivity index (χ3n) is 2.66. The van der Waals surface area contributed by atoms with E-state index in [9.17, 15) is 4.79 Å². The Kier molecular flexibility index (Phi) is 3.16. The van der Waals surface area contributed by atoms with Crippen LogP contribution in [0.1, 0.15) is 28.8 Å². The summed E-state index contributed by atoms with van der Waals surface area (Å²) in [4.78, 5) is 10.9. The Morgan fingerprint density at radius 2 is 2.25 bits per heavy atom. The molecule has 1 aliphatic rings. The van der Waals surface area contributed by atoms with Gasteiger partial charge in [-0.3, -0.25) is 4.79 Å². The van der Waals surface area contributed by atoms with Gasteiger partial charge in [0.25, 0.3) is 0 Å². The van der Waals surface area contributed by atoms with Gasteiger partial charge in [0, 0.05) is 10.0 Å². The van der Waals surface area contributed by atoms with Crippen molar-refractivity contribution in [2.24, 2.45) is 5.73 Å². The molecule has 0 fully saturated rings. The summed E-state index contributed by atoms with van der Waals surface area (Å²) in [5, 5.41) is 0. The molecule has 4 nitrogen and oxygen atoms in total. The van der Waals surface area contributed by atoms with Gasteiger partial charge in [-0.25, -0.2) is 0 Å². The van der Waals surface area contributed by atoms with Crippen molar-refractivity contribution in [3.8, 4) is 11.5 Å². The molecule has 0 radical (unpaired) electrons. The molecule has 0 spiro atoms. The van der Waals surface area contributed by atoms with Crippen LogP contribution in [0.25, 0.3) is 0 Å². The van der Waals surface area contributed by atoms with E-state index in [1.165, 1.54) is 0 Å². The molecular formula is C11H12BrNO3. The third-order valence-corrected chi connectivity index (χ3v) is 3.32. The van der Waals surface area contributed by atoms with Crippen molar-refractivity contribution >= 4 is 22.2 Å². The molecule has 86 valence electrons. The number of benzene rings is 1. The molecule has 16 heavy (non-hydrogen) atoms. The van der Waals surface area contributed by atoms with Crippen LogP contribution in [0.4, 0.5) is 0 Å². The largest absolute Gasteiger partial charge is 0.453 e. The number of nitrogens with two attached hydrogens (primary N) is 1. The monoisotopic (exact) mass is 285 g/mol. The predicted molar refractivity (Wildman–Crippen MR) is 63.1 cm³/mol. The van der Waals surface area contributed by atoms with Crippen molar-refractivity contribution < 1.29 is 14.3 Å². The number of ether oxygens (including phenoxy) is 2. The number of hydrogen-bond donors (Lipinski definition) is 1.